The fraction of sp³-hybridized carbons (Fsp3) is 0.261. The van der Waals surface area contributed by atoms with E-state index in [9.17, 15) is 22.4 Å². The van der Waals surface area contributed by atoms with Crippen LogP contribution in [0.3, 0.4) is 0 Å². The average molecular weight is 447 g/mol. The van der Waals surface area contributed by atoms with Crippen molar-refractivity contribution in [3.8, 4) is 11.3 Å². The van der Waals surface area contributed by atoms with Crippen LogP contribution in [0.4, 0.5) is 28.9 Å². The molecule has 1 aliphatic heterocycles. The number of piperazine rings is 1. The Balaban J connectivity index is 1.55. The Bertz CT molecular complexity index is 1100. The zero-order valence-electron chi connectivity index (χ0n) is 17.2. The molecule has 32 heavy (non-hydrogen) atoms. The standard InChI is InChI=1S/C23H21F4N3O2/c1-29-10-12-30(13-11-29)17-6-7-19(18(14-17)23(25,26)27)28-22(31)21-9-8-20(32-21)15-2-4-16(24)5-3-15/h2-9,14H,10-13H2,1H3,(H,28,31). The number of likely N-dealkylation sites (N-methyl/N-ethyl adjacent to an activating group) is 1. The number of carbonyl (C=O) groups excluding carboxylic acids is 1. The van der Waals surface area contributed by atoms with E-state index >= 15 is 0 Å². The zero-order chi connectivity index (χ0) is 22.9. The smallest absolute Gasteiger partial charge is 0.418 e. The molecule has 0 spiro atoms. The number of nitrogens with zero attached hydrogens (tertiary/aromatic N) is 2. The highest BCUT2D eigenvalue weighted by molar-refractivity contribution is 6.03. The van der Waals surface area contributed by atoms with Crippen LogP contribution in [0, 0.1) is 5.82 Å². The van der Waals surface area contributed by atoms with Gasteiger partial charge in [0, 0.05) is 37.4 Å². The van der Waals surface area contributed by atoms with Crippen LogP contribution in [0.25, 0.3) is 11.3 Å². The lowest BCUT2D eigenvalue weighted by molar-refractivity contribution is -0.136. The molecular formula is C23H21F4N3O2. The molecule has 0 radical (unpaired) electrons. The van der Waals surface area contributed by atoms with Crippen molar-refractivity contribution in [3.05, 3.63) is 71.7 Å². The van der Waals surface area contributed by atoms with Crippen molar-refractivity contribution in [3.63, 3.8) is 0 Å². The second-order valence-electron chi connectivity index (χ2n) is 7.64. The molecule has 1 fully saturated rings. The van der Waals surface area contributed by atoms with E-state index in [0.29, 0.717) is 30.1 Å². The third-order valence-corrected chi connectivity index (χ3v) is 5.38. The minimum atomic E-state index is -4.65. The number of nitrogens with one attached hydrogen (secondary N) is 1. The van der Waals surface area contributed by atoms with Gasteiger partial charge in [0.15, 0.2) is 5.76 Å². The molecular weight excluding hydrogens is 426 g/mol. The summed E-state index contributed by atoms with van der Waals surface area (Å²) in [6, 6.07) is 12.2. The molecule has 3 aromatic rings. The maximum absolute atomic E-state index is 13.7. The summed E-state index contributed by atoms with van der Waals surface area (Å²) < 4.78 is 59.8. The molecule has 0 atom stereocenters. The van der Waals surface area contributed by atoms with Crippen molar-refractivity contribution in [1.82, 2.24) is 4.90 Å². The summed E-state index contributed by atoms with van der Waals surface area (Å²) in [5, 5.41) is 2.31. The Morgan fingerprint density at radius 1 is 0.969 bits per heavy atom. The van der Waals surface area contributed by atoms with Crippen molar-refractivity contribution < 1.29 is 26.8 Å². The van der Waals surface area contributed by atoms with Crippen LogP contribution in [-0.2, 0) is 6.18 Å². The Kier molecular flexibility index (Phi) is 5.92. The molecule has 1 N–H and O–H groups in total. The summed E-state index contributed by atoms with van der Waals surface area (Å²) in [5.74, 6) is -1.08. The predicted octanol–water partition coefficient (Wildman–Crippen LogP) is 5.11. The summed E-state index contributed by atoms with van der Waals surface area (Å²) in [7, 11) is 1.97. The number of halogens is 4. The molecule has 0 unspecified atom stereocenters. The van der Waals surface area contributed by atoms with Crippen molar-refractivity contribution in [2.45, 2.75) is 6.18 Å². The minimum Gasteiger partial charge on any atom is -0.451 e. The fourth-order valence-corrected chi connectivity index (χ4v) is 3.55. The lowest BCUT2D eigenvalue weighted by atomic mass is 10.1. The lowest BCUT2D eigenvalue weighted by Crippen LogP contribution is -2.44. The Hall–Kier alpha value is -3.33. The first-order chi connectivity index (χ1) is 15.2. The number of hydrogen-bond acceptors (Lipinski definition) is 4. The molecule has 9 heteroatoms. The Morgan fingerprint density at radius 2 is 1.66 bits per heavy atom. The number of hydrogen-bond donors (Lipinski definition) is 1. The van der Waals surface area contributed by atoms with Gasteiger partial charge in [-0.25, -0.2) is 4.39 Å². The van der Waals surface area contributed by atoms with E-state index in [-0.39, 0.29) is 11.4 Å². The maximum atomic E-state index is 13.7. The lowest BCUT2D eigenvalue weighted by Gasteiger charge is -2.34. The first-order valence-corrected chi connectivity index (χ1v) is 10.0. The average Bonchev–Trinajstić information content (AvgIpc) is 3.25. The molecule has 0 bridgehead atoms. The van der Waals surface area contributed by atoms with Gasteiger partial charge < -0.3 is 19.5 Å². The highest BCUT2D eigenvalue weighted by atomic mass is 19.4. The predicted molar refractivity (Wildman–Crippen MR) is 113 cm³/mol. The largest absolute Gasteiger partial charge is 0.451 e. The van der Waals surface area contributed by atoms with E-state index in [1.54, 1.807) is 6.07 Å². The van der Waals surface area contributed by atoms with Crippen molar-refractivity contribution in [2.75, 3.05) is 43.4 Å². The number of alkyl halides is 3. The monoisotopic (exact) mass is 447 g/mol. The molecule has 1 aliphatic rings. The van der Waals surface area contributed by atoms with Gasteiger partial charge >= 0.3 is 6.18 Å². The van der Waals surface area contributed by atoms with Gasteiger partial charge in [0.05, 0.1) is 11.3 Å². The van der Waals surface area contributed by atoms with Crippen LogP contribution in [0.1, 0.15) is 16.1 Å². The van der Waals surface area contributed by atoms with E-state index in [2.05, 4.69) is 10.2 Å². The first kappa shape index (κ1) is 21.9. The first-order valence-electron chi connectivity index (χ1n) is 10.0. The minimum absolute atomic E-state index is 0.152. The quantitative estimate of drug-likeness (QED) is 0.565. The normalized spacial score (nSPS) is 15.1. The molecule has 0 aliphatic carbocycles. The van der Waals surface area contributed by atoms with Crippen LogP contribution < -0.4 is 10.2 Å². The number of anilines is 2. The number of benzene rings is 2. The Morgan fingerprint density at radius 3 is 2.31 bits per heavy atom. The SMILES string of the molecule is CN1CCN(c2ccc(NC(=O)c3ccc(-c4ccc(F)cc4)o3)c(C(F)(F)F)c2)CC1. The molecule has 2 heterocycles. The highest BCUT2D eigenvalue weighted by Gasteiger charge is 2.35. The van der Waals surface area contributed by atoms with Gasteiger partial charge in [0.1, 0.15) is 11.6 Å². The van der Waals surface area contributed by atoms with Crippen LogP contribution >= 0.6 is 0 Å². The summed E-state index contributed by atoms with van der Waals surface area (Å²) in [5.41, 5.74) is -0.273. The molecule has 4 rings (SSSR count). The summed E-state index contributed by atoms with van der Waals surface area (Å²) in [6.07, 6.45) is -4.65. The second-order valence-corrected chi connectivity index (χ2v) is 7.64. The van der Waals surface area contributed by atoms with Crippen molar-refractivity contribution in [2.24, 2.45) is 0 Å². The van der Waals surface area contributed by atoms with E-state index in [4.69, 9.17) is 4.42 Å². The van der Waals surface area contributed by atoms with Gasteiger partial charge in [-0.1, -0.05) is 0 Å². The van der Waals surface area contributed by atoms with E-state index in [1.165, 1.54) is 42.5 Å². The summed E-state index contributed by atoms with van der Waals surface area (Å²) in [6.45, 7) is 2.76. The maximum Gasteiger partial charge on any atom is 0.418 e. The van der Waals surface area contributed by atoms with Crippen molar-refractivity contribution in [1.29, 1.82) is 0 Å². The molecule has 0 saturated carbocycles. The number of amides is 1. The summed E-state index contributed by atoms with van der Waals surface area (Å²) in [4.78, 5) is 16.6. The third kappa shape index (κ3) is 4.77. The van der Waals surface area contributed by atoms with E-state index in [0.717, 1.165) is 19.2 Å². The second kappa shape index (κ2) is 8.66. The topological polar surface area (TPSA) is 48.7 Å². The van der Waals surface area contributed by atoms with Crippen LogP contribution in [0.2, 0.25) is 0 Å². The number of rotatable bonds is 4. The molecule has 1 saturated heterocycles. The number of carbonyl (C=O) groups is 1. The summed E-state index contributed by atoms with van der Waals surface area (Å²) >= 11 is 0. The van der Waals surface area contributed by atoms with Gasteiger partial charge in [-0.15, -0.1) is 0 Å². The Labute approximate surface area is 182 Å². The molecule has 168 valence electrons. The van der Waals surface area contributed by atoms with Gasteiger partial charge in [-0.3, -0.25) is 4.79 Å². The molecule has 2 aromatic carbocycles. The van der Waals surface area contributed by atoms with Crippen LogP contribution in [0.5, 0.6) is 0 Å². The third-order valence-electron chi connectivity index (χ3n) is 5.38. The van der Waals surface area contributed by atoms with Crippen LogP contribution in [0.15, 0.2) is 59.0 Å². The fourth-order valence-electron chi connectivity index (χ4n) is 3.55. The van der Waals surface area contributed by atoms with E-state index in [1.807, 2.05) is 11.9 Å². The van der Waals surface area contributed by atoms with Gasteiger partial charge in [0.2, 0.25) is 0 Å². The van der Waals surface area contributed by atoms with E-state index < -0.39 is 23.5 Å². The molecule has 1 aromatic heterocycles. The molecule has 1 amide bonds. The van der Waals surface area contributed by atoms with Crippen molar-refractivity contribution >= 4 is 17.3 Å². The van der Waals surface area contributed by atoms with Crippen LogP contribution in [-0.4, -0.2) is 44.0 Å². The number of furan rings is 1. The van der Waals surface area contributed by atoms with Gasteiger partial charge in [0.25, 0.3) is 5.91 Å². The van der Waals surface area contributed by atoms with Gasteiger partial charge in [-0.05, 0) is 61.6 Å². The zero-order valence-corrected chi connectivity index (χ0v) is 17.2. The van der Waals surface area contributed by atoms with Gasteiger partial charge in [-0.2, -0.15) is 13.2 Å². The molecule has 5 nitrogen and oxygen atoms in total. The highest BCUT2D eigenvalue weighted by Crippen LogP contribution is 2.38.